The lowest BCUT2D eigenvalue weighted by Gasteiger charge is -2.61. The first-order valence-electron chi connectivity index (χ1n) is 10.2. The van der Waals surface area contributed by atoms with Crippen LogP contribution < -0.4 is 0 Å². The third-order valence-electron chi connectivity index (χ3n) is 6.36. The second kappa shape index (κ2) is 6.73. The summed E-state index contributed by atoms with van der Waals surface area (Å²) >= 11 is 0. The molecule has 0 N–H and O–H groups in total. The smallest absolute Gasteiger partial charge is 0.410 e. The Labute approximate surface area is 162 Å². The molecule has 3 fully saturated rings. The largest absolute Gasteiger partial charge is 0.444 e. The molecule has 27 heavy (non-hydrogen) atoms. The number of hydrogen-bond donors (Lipinski definition) is 0. The Bertz CT molecular complexity index is 675. The SMILES string of the molecule is Cc1ncc(C2CCN(C3CC4(C3)CN(C(=O)OC(C)(C)C)C4)CC2)cn1. The van der Waals surface area contributed by atoms with Crippen molar-refractivity contribution in [3.05, 3.63) is 23.8 Å². The van der Waals surface area contributed by atoms with E-state index in [0.29, 0.717) is 17.4 Å². The number of nitrogens with zero attached hydrogens (tertiary/aromatic N) is 4. The predicted octanol–water partition coefficient (Wildman–Crippen LogP) is 3.36. The van der Waals surface area contributed by atoms with Crippen molar-refractivity contribution in [1.29, 1.82) is 0 Å². The van der Waals surface area contributed by atoms with E-state index in [-0.39, 0.29) is 6.09 Å². The number of likely N-dealkylation sites (tertiary alicyclic amines) is 2. The van der Waals surface area contributed by atoms with Gasteiger partial charge < -0.3 is 14.5 Å². The number of aromatic nitrogens is 2. The van der Waals surface area contributed by atoms with E-state index >= 15 is 0 Å². The van der Waals surface area contributed by atoms with E-state index in [1.54, 1.807) is 0 Å². The van der Waals surface area contributed by atoms with Crippen LogP contribution in [0.5, 0.6) is 0 Å². The number of hydrogen-bond acceptors (Lipinski definition) is 5. The average molecular weight is 373 g/mol. The second-order valence-corrected chi connectivity index (χ2v) is 9.77. The fourth-order valence-electron chi connectivity index (χ4n) is 4.89. The lowest BCUT2D eigenvalue weighted by Crippen LogP contribution is -2.68. The van der Waals surface area contributed by atoms with E-state index in [2.05, 4.69) is 14.9 Å². The molecule has 1 aliphatic carbocycles. The monoisotopic (exact) mass is 372 g/mol. The molecular weight excluding hydrogens is 340 g/mol. The summed E-state index contributed by atoms with van der Waals surface area (Å²) in [7, 11) is 0. The quantitative estimate of drug-likeness (QED) is 0.797. The number of ether oxygens (including phenoxy) is 1. The molecule has 3 heterocycles. The molecule has 1 aromatic rings. The van der Waals surface area contributed by atoms with Crippen molar-refractivity contribution < 1.29 is 9.53 Å². The van der Waals surface area contributed by atoms with Gasteiger partial charge in [-0.25, -0.2) is 14.8 Å². The van der Waals surface area contributed by atoms with Crippen LogP contribution >= 0.6 is 0 Å². The number of carbonyl (C=O) groups excluding carboxylic acids is 1. The summed E-state index contributed by atoms with van der Waals surface area (Å²) in [6.45, 7) is 11.8. The van der Waals surface area contributed by atoms with Gasteiger partial charge in [0, 0.05) is 36.9 Å². The lowest BCUT2D eigenvalue weighted by molar-refractivity contribution is -0.110. The van der Waals surface area contributed by atoms with Crippen LogP contribution in [-0.4, -0.2) is 63.7 Å². The summed E-state index contributed by atoms with van der Waals surface area (Å²) in [5, 5.41) is 0. The highest BCUT2D eigenvalue weighted by Crippen LogP contribution is 2.51. The van der Waals surface area contributed by atoms with Crippen molar-refractivity contribution in [1.82, 2.24) is 19.8 Å². The van der Waals surface area contributed by atoms with Gasteiger partial charge in [0.15, 0.2) is 0 Å². The Morgan fingerprint density at radius 3 is 2.30 bits per heavy atom. The summed E-state index contributed by atoms with van der Waals surface area (Å²) in [5.41, 5.74) is 1.25. The van der Waals surface area contributed by atoms with Crippen LogP contribution in [0.4, 0.5) is 4.79 Å². The molecule has 2 saturated heterocycles. The van der Waals surface area contributed by atoms with E-state index in [1.165, 1.54) is 31.2 Å². The molecule has 4 rings (SSSR count). The van der Waals surface area contributed by atoms with Crippen LogP contribution in [0.3, 0.4) is 0 Å². The van der Waals surface area contributed by atoms with E-state index in [4.69, 9.17) is 4.74 Å². The van der Waals surface area contributed by atoms with Gasteiger partial charge in [0.2, 0.25) is 0 Å². The Morgan fingerprint density at radius 1 is 1.15 bits per heavy atom. The van der Waals surface area contributed by atoms with Crippen molar-refractivity contribution in [3.63, 3.8) is 0 Å². The number of rotatable bonds is 2. The molecule has 1 spiro atoms. The Morgan fingerprint density at radius 2 is 1.74 bits per heavy atom. The first-order valence-corrected chi connectivity index (χ1v) is 10.2. The first-order chi connectivity index (χ1) is 12.7. The number of amides is 1. The van der Waals surface area contributed by atoms with Crippen LogP contribution in [-0.2, 0) is 4.74 Å². The van der Waals surface area contributed by atoms with Gasteiger partial charge in [0.25, 0.3) is 0 Å². The molecule has 6 heteroatoms. The van der Waals surface area contributed by atoms with Crippen molar-refractivity contribution >= 4 is 6.09 Å². The van der Waals surface area contributed by atoms with Gasteiger partial charge in [-0.05, 0) is 77.9 Å². The van der Waals surface area contributed by atoms with Crippen molar-refractivity contribution in [2.24, 2.45) is 5.41 Å². The molecule has 1 amide bonds. The number of carbonyl (C=O) groups is 1. The molecule has 148 valence electrons. The van der Waals surface area contributed by atoms with Crippen LogP contribution in [0.2, 0.25) is 0 Å². The van der Waals surface area contributed by atoms with Gasteiger partial charge >= 0.3 is 6.09 Å². The van der Waals surface area contributed by atoms with Gasteiger partial charge in [0.1, 0.15) is 11.4 Å². The molecule has 0 atom stereocenters. The van der Waals surface area contributed by atoms with E-state index < -0.39 is 5.60 Å². The van der Waals surface area contributed by atoms with Crippen LogP contribution in [0, 0.1) is 12.3 Å². The van der Waals surface area contributed by atoms with Crippen LogP contribution in [0.15, 0.2) is 12.4 Å². The van der Waals surface area contributed by atoms with Crippen molar-refractivity contribution in [2.45, 2.75) is 70.9 Å². The molecule has 1 saturated carbocycles. The van der Waals surface area contributed by atoms with E-state index in [0.717, 1.165) is 32.0 Å². The highest BCUT2D eigenvalue weighted by Gasteiger charge is 2.55. The molecule has 0 unspecified atom stereocenters. The highest BCUT2D eigenvalue weighted by atomic mass is 16.6. The topological polar surface area (TPSA) is 58.6 Å². The van der Waals surface area contributed by atoms with Gasteiger partial charge in [-0.15, -0.1) is 0 Å². The third kappa shape index (κ3) is 3.96. The zero-order chi connectivity index (χ0) is 19.2. The summed E-state index contributed by atoms with van der Waals surface area (Å²) in [6, 6.07) is 0.695. The van der Waals surface area contributed by atoms with Crippen LogP contribution in [0.1, 0.15) is 63.8 Å². The van der Waals surface area contributed by atoms with Crippen LogP contribution in [0.25, 0.3) is 0 Å². The molecule has 3 aliphatic rings. The summed E-state index contributed by atoms with van der Waals surface area (Å²) < 4.78 is 5.47. The zero-order valence-corrected chi connectivity index (χ0v) is 17.1. The Balaban J connectivity index is 1.20. The second-order valence-electron chi connectivity index (χ2n) is 9.77. The average Bonchev–Trinajstić information content (AvgIpc) is 2.52. The summed E-state index contributed by atoms with van der Waals surface area (Å²) in [4.78, 5) is 25.4. The minimum absolute atomic E-state index is 0.155. The standard InChI is InChI=1S/C21H32N4O2/c1-15-22-11-17(12-23-15)16-5-7-24(8-6-16)18-9-21(10-18)13-25(14-21)19(26)27-20(2,3)4/h11-12,16,18H,5-10,13-14H2,1-4H3. The molecule has 6 nitrogen and oxygen atoms in total. The Kier molecular flexibility index (Phi) is 4.65. The Hall–Kier alpha value is -1.69. The van der Waals surface area contributed by atoms with E-state index in [1.807, 2.05) is 45.0 Å². The summed E-state index contributed by atoms with van der Waals surface area (Å²) in [6.07, 6.45) is 8.69. The van der Waals surface area contributed by atoms with Gasteiger partial charge in [-0.2, -0.15) is 0 Å². The maximum atomic E-state index is 12.1. The normalized spacial score (nSPS) is 23.8. The molecule has 1 aromatic heterocycles. The molecular formula is C21H32N4O2. The zero-order valence-electron chi connectivity index (χ0n) is 17.1. The molecule has 2 aliphatic heterocycles. The number of aryl methyl sites for hydroxylation is 1. The van der Waals surface area contributed by atoms with Crippen molar-refractivity contribution in [2.75, 3.05) is 26.2 Å². The number of piperidine rings is 1. The molecule has 0 radical (unpaired) electrons. The van der Waals surface area contributed by atoms with E-state index in [9.17, 15) is 4.79 Å². The fourth-order valence-corrected chi connectivity index (χ4v) is 4.89. The minimum Gasteiger partial charge on any atom is -0.444 e. The molecule has 0 aromatic carbocycles. The summed E-state index contributed by atoms with van der Waals surface area (Å²) in [5.74, 6) is 1.44. The highest BCUT2D eigenvalue weighted by molar-refractivity contribution is 5.69. The minimum atomic E-state index is -0.408. The third-order valence-corrected chi connectivity index (χ3v) is 6.36. The maximum absolute atomic E-state index is 12.1. The van der Waals surface area contributed by atoms with Crippen molar-refractivity contribution in [3.8, 4) is 0 Å². The fraction of sp³-hybridized carbons (Fsp3) is 0.762. The molecule has 0 bridgehead atoms. The maximum Gasteiger partial charge on any atom is 0.410 e. The van der Waals surface area contributed by atoms with Gasteiger partial charge in [-0.1, -0.05) is 0 Å². The first kappa shape index (κ1) is 18.7. The lowest BCUT2D eigenvalue weighted by atomic mass is 9.60. The predicted molar refractivity (Wildman–Crippen MR) is 104 cm³/mol. The van der Waals surface area contributed by atoms with Gasteiger partial charge in [0.05, 0.1) is 0 Å². The van der Waals surface area contributed by atoms with Gasteiger partial charge in [-0.3, -0.25) is 0 Å².